The molecule has 1 aliphatic carbocycles. The van der Waals surface area contributed by atoms with E-state index in [2.05, 4.69) is 21.9 Å². The van der Waals surface area contributed by atoms with Crippen molar-refractivity contribution in [3.63, 3.8) is 0 Å². The van der Waals surface area contributed by atoms with Gasteiger partial charge in [-0.3, -0.25) is 9.69 Å². The number of nitrogens with zero attached hydrogens (tertiary/aromatic N) is 3. The number of hydrogen-bond acceptors (Lipinski definition) is 5. The minimum atomic E-state index is -0.181. The molecule has 1 aliphatic heterocycles. The molecule has 3 rings (SSSR count). The van der Waals surface area contributed by atoms with Crippen molar-refractivity contribution in [3.05, 3.63) is 17.5 Å². The van der Waals surface area contributed by atoms with E-state index in [0.717, 1.165) is 63.9 Å². The van der Waals surface area contributed by atoms with Gasteiger partial charge in [0.05, 0.1) is 12.6 Å². The van der Waals surface area contributed by atoms with Crippen molar-refractivity contribution >= 4 is 5.91 Å². The Morgan fingerprint density at radius 1 is 1.22 bits per heavy atom. The van der Waals surface area contributed by atoms with Gasteiger partial charge >= 0.3 is 0 Å². The molecule has 0 atom stereocenters. The highest BCUT2D eigenvalue weighted by molar-refractivity contribution is 5.92. The summed E-state index contributed by atoms with van der Waals surface area (Å²) in [5.41, 5.74) is 0.447. The van der Waals surface area contributed by atoms with Crippen LogP contribution in [0.3, 0.4) is 0 Å². The number of hydrogen-bond donors (Lipinski definition) is 1. The summed E-state index contributed by atoms with van der Waals surface area (Å²) < 4.78 is 5.48. The van der Waals surface area contributed by atoms with Gasteiger partial charge in [0.25, 0.3) is 5.91 Å². The van der Waals surface area contributed by atoms with Crippen LogP contribution in [0.25, 0.3) is 0 Å². The fourth-order valence-corrected chi connectivity index (χ4v) is 4.28. The van der Waals surface area contributed by atoms with E-state index >= 15 is 0 Å². The number of rotatable bonds is 7. The van der Waals surface area contributed by atoms with Crippen LogP contribution in [0.5, 0.6) is 0 Å². The molecule has 1 saturated carbocycles. The van der Waals surface area contributed by atoms with Crippen LogP contribution >= 0.6 is 0 Å². The van der Waals surface area contributed by atoms with Crippen molar-refractivity contribution in [2.24, 2.45) is 0 Å². The van der Waals surface area contributed by atoms with Crippen LogP contribution in [0.4, 0.5) is 0 Å². The molecule has 2 aliphatic rings. The molecule has 2 fully saturated rings. The standard InChI is InChI=1S/C21H35N3O3/c1-2-3-12-24(17-8-6-4-5-7-9-17)21(26)20-15-19(27-22-20)16-23-13-10-18(25)11-14-23/h15,17-18,25H,2-14,16H2,1H3. The Morgan fingerprint density at radius 2 is 1.93 bits per heavy atom. The summed E-state index contributed by atoms with van der Waals surface area (Å²) in [6.45, 7) is 5.35. The fraction of sp³-hybridized carbons (Fsp3) is 0.810. The number of likely N-dealkylation sites (tertiary alicyclic amines) is 1. The quantitative estimate of drug-likeness (QED) is 0.735. The zero-order valence-corrected chi connectivity index (χ0v) is 16.7. The normalized spacial score (nSPS) is 20.5. The lowest BCUT2D eigenvalue weighted by Gasteiger charge is -2.30. The van der Waals surface area contributed by atoms with Gasteiger partial charge < -0.3 is 14.5 Å². The largest absolute Gasteiger partial charge is 0.393 e. The molecule has 0 unspecified atom stereocenters. The molecule has 1 amide bonds. The van der Waals surface area contributed by atoms with Gasteiger partial charge in [-0.25, -0.2) is 0 Å². The molecule has 1 aromatic heterocycles. The third-order valence-electron chi connectivity index (χ3n) is 5.99. The van der Waals surface area contributed by atoms with Gasteiger partial charge in [0.15, 0.2) is 11.5 Å². The van der Waals surface area contributed by atoms with Crippen LogP contribution in [0, 0.1) is 0 Å². The van der Waals surface area contributed by atoms with Crippen molar-refractivity contribution in [2.45, 2.75) is 89.8 Å². The maximum Gasteiger partial charge on any atom is 0.276 e. The summed E-state index contributed by atoms with van der Waals surface area (Å²) in [6, 6.07) is 2.17. The van der Waals surface area contributed by atoms with Gasteiger partial charge in [-0.1, -0.05) is 44.2 Å². The second-order valence-electron chi connectivity index (χ2n) is 8.18. The second kappa shape index (κ2) is 10.2. The average Bonchev–Trinajstić information content (AvgIpc) is 2.97. The van der Waals surface area contributed by atoms with Gasteiger partial charge in [0.2, 0.25) is 0 Å². The minimum absolute atomic E-state index is 0.0272. The summed E-state index contributed by atoms with van der Waals surface area (Å²) >= 11 is 0. The Morgan fingerprint density at radius 3 is 2.59 bits per heavy atom. The van der Waals surface area contributed by atoms with Crippen LogP contribution in [0.1, 0.15) is 87.4 Å². The third kappa shape index (κ3) is 5.79. The molecule has 0 radical (unpaired) electrons. The monoisotopic (exact) mass is 377 g/mol. The number of carbonyl (C=O) groups is 1. The summed E-state index contributed by atoms with van der Waals surface area (Å²) in [7, 11) is 0. The van der Waals surface area contributed by atoms with Gasteiger partial charge in [0, 0.05) is 31.7 Å². The lowest BCUT2D eigenvalue weighted by atomic mass is 10.1. The second-order valence-corrected chi connectivity index (χ2v) is 8.18. The maximum absolute atomic E-state index is 13.2. The summed E-state index contributed by atoms with van der Waals surface area (Å²) in [4.78, 5) is 17.5. The van der Waals surface area contributed by atoms with E-state index in [9.17, 15) is 9.90 Å². The Hall–Kier alpha value is -1.40. The Bertz CT molecular complexity index is 573. The van der Waals surface area contributed by atoms with Gasteiger partial charge in [-0.15, -0.1) is 0 Å². The number of aliphatic hydroxyl groups excluding tert-OH is 1. The molecular formula is C21H35N3O3. The van der Waals surface area contributed by atoms with Crippen LogP contribution in [-0.4, -0.2) is 57.8 Å². The van der Waals surface area contributed by atoms with E-state index in [1.54, 1.807) is 0 Å². The lowest BCUT2D eigenvalue weighted by molar-refractivity contribution is 0.0644. The number of aromatic nitrogens is 1. The predicted molar refractivity (Wildman–Crippen MR) is 104 cm³/mol. The minimum Gasteiger partial charge on any atom is -0.393 e. The summed E-state index contributed by atoms with van der Waals surface area (Å²) in [5, 5.41) is 13.7. The van der Waals surface area contributed by atoms with E-state index in [0.29, 0.717) is 18.3 Å². The molecular weight excluding hydrogens is 342 g/mol. The highest BCUT2D eigenvalue weighted by atomic mass is 16.5. The Balaban J connectivity index is 1.63. The number of amides is 1. The van der Waals surface area contributed by atoms with Crippen molar-refractivity contribution in [3.8, 4) is 0 Å². The summed E-state index contributed by atoms with van der Waals surface area (Å²) in [5.74, 6) is 0.769. The van der Waals surface area contributed by atoms with E-state index in [4.69, 9.17) is 4.52 Å². The van der Waals surface area contributed by atoms with E-state index in [1.165, 1.54) is 25.7 Å². The first-order valence-electron chi connectivity index (χ1n) is 10.8. The Labute approximate surface area is 162 Å². The van der Waals surface area contributed by atoms with Crippen molar-refractivity contribution in [1.82, 2.24) is 15.0 Å². The molecule has 152 valence electrons. The van der Waals surface area contributed by atoms with E-state index in [-0.39, 0.29) is 12.0 Å². The molecule has 1 aromatic rings. The molecule has 1 N–H and O–H groups in total. The average molecular weight is 378 g/mol. The van der Waals surface area contributed by atoms with E-state index < -0.39 is 0 Å². The number of unbranched alkanes of at least 4 members (excludes halogenated alkanes) is 1. The van der Waals surface area contributed by atoms with Crippen LogP contribution in [0.15, 0.2) is 10.6 Å². The van der Waals surface area contributed by atoms with Crippen LogP contribution < -0.4 is 0 Å². The zero-order chi connectivity index (χ0) is 19.1. The third-order valence-corrected chi connectivity index (χ3v) is 5.99. The molecule has 2 heterocycles. The first-order chi connectivity index (χ1) is 13.2. The highest BCUT2D eigenvalue weighted by Gasteiger charge is 2.27. The zero-order valence-electron chi connectivity index (χ0n) is 16.7. The van der Waals surface area contributed by atoms with Gasteiger partial charge in [0.1, 0.15) is 0 Å². The smallest absolute Gasteiger partial charge is 0.276 e. The number of aliphatic hydroxyl groups is 1. The first kappa shape index (κ1) is 20.3. The number of carbonyl (C=O) groups excluding carboxylic acids is 1. The topological polar surface area (TPSA) is 69.8 Å². The maximum atomic E-state index is 13.2. The lowest BCUT2D eigenvalue weighted by Crippen LogP contribution is -2.41. The van der Waals surface area contributed by atoms with Crippen molar-refractivity contribution in [1.29, 1.82) is 0 Å². The molecule has 6 nitrogen and oxygen atoms in total. The van der Waals surface area contributed by atoms with Gasteiger partial charge in [-0.05, 0) is 32.1 Å². The van der Waals surface area contributed by atoms with Crippen molar-refractivity contribution < 1.29 is 14.4 Å². The SMILES string of the molecule is CCCCN(C(=O)c1cc(CN2CCC(O)CC2)on1)C1CCCCCC1. The first-order valence-corrected chi connectivity index (χ1v) is 10.8. The molecule has 0 bridgehead atoms. The van der Waals surface area contributed by atoms with Crippen LogP contribution in [-0.2, 0) is 6.54 Å². The van der Waals surface area contributed by atoms with Crippen LogP contribution in [0.2, 0.25) is 0 Å². The molecule has 0 spiro atoms. The van der Waals surface area contributed by atoms with E-state index in [1.807, 2.05) is 6.07 Å². The summed E-state index contributed by atoms with van der Waals surface area (Å²) in [6.07, 6.45) is 10.7. The highest BCUT2D eigenvalue weighted by Crippen LogP contribution is 2.24. The molecule has 1 saturated heterocycles. The Kier molecular flexibility index (Phi) is 7.70. The molecule has 27 heavy (non-hydrogen) atoms. The fourth-order valence-electron chi connectivity index (χ4n) is 4.28. The molecule has 0 aromatic carbocycles. The number of piperidine rings is 1. The van der Waals surface area contributed by atoms with Gasteiger partial charge in [-0.2, -0.15) is 0 Å². The van der Waals surface area contributed by atoms with Crippen molar-refractivity contribution in [2.75, 3.05) is 19.6 Å². The predicted octanol–water partition coefficient (Wildman–Crippen LogP) is 3.60. The molecule has 6 heteroatoms.